The third-order valence-corrected chi connectivity index (χ3v) is 2.66. The third-order valence-electron chi connectivity index (χ3n) is 2.66. The normalized spacial score (nSPS) is 10.3. The van der Waals surface area contributed by atoms with Crippen molar-refractivity contribution in [1.29, 1.82) is 0 Å². The molecule has 0 heterocycles. The first-order valence-electron chi connectivity index (χ1n) is 6.11. The minimum absolute atomic E-state index is 0.105. The number of aromatic carboxylic acids is 1. The Morgan fingerprint density at radius 2 is 2.00 bits per heavy atom. The number of halogens is 1. The molecule has 4 N–H and O–H groups in total. The second-order valence-corrected chi connectivity index (χ2v) is 4.62. The Balaban J connectivity index is 2.93. The molecule has 0 atom stereocenters. The molecule has 3 amide bonds. The highest BCUT2D eigenvalue weighted by Gasteiger charge is 2.20. The maximum atomic E-state index is 13.3. The summed E-state index contributed by atoms with van der Waals surface area (Å²) in [7, 11) is 0. The van der Waals surface area contributed by atoms with Crippen LogP contribution in [-0.4, -0.2) is 40.5 Å². The van der Waals surface area contributed by atoms with E-state index in [0.29, 0.717) is 0 Å². The highest BCUT2D eigenvalue weighted by atomic mass is 19.1. The van der Waals surface area contributed by atoms with Gasteiger partial charge >= 0.3 is 12.0 Å². The first kappa shape index (κ1) is 16.4. The lowest BCUT2D eigenvalue weighted by molar-refractivity contribution is -0.118. The van der Waals surface area contributed by atoms with Gasteiger partial charge in [0.1, 0.15) is 12.4 Å². The molecular weight excluding hydrogens is 281 g/mol. The largest absolute Gasteiger partial charge is 0.478 e. The summed E-state index contributed by atoms with van der Waals surface area (Å²) >= 11 is 0. The zero-order chi connectivity index (χ0) is 16.2. The average molecular weight is 297 g/mol. The van der Waals surface area contributed by atoms with Gasteiger partial charge in [-0.1, -0.05) is 0 Å². The fourth-order valence-electron chi connectivity index (χ4n) is 1.62. The standard InChI is InChI=1S/C13H16FN3O4/c1-7(2)17(6-11(15)18)13(21)16-8-3-4-10(14)9(5-8)12(19)20/h3-5,7H,6H2,1-2H3,(H2,15,18)(H,16,21)(H,19,20). The molecule has 0 aromatic heterocycles. The number of hydrogen-bond donors (Lipinski definition) is 3. The van der Waals surface area contributed by atoms with Gasteiger partial charge in [0.25, 0.3) is 0 Å². The summed E-state index contributed by atoms with van der Waals surface area (Å²) in [5.41, 5.74) is 4.61. The van der Waals surface area contributed by atoms with Gasteiger partial charge in [0.15, 0.2) is 0 Å². The number of urea groups is 1. The number of nitrogens with two attached hydrogens (primary N) is 1. The summed E-state index contributed by atoms with van der Waals surface area (Å²) in [6.45, 7) is 3.10. The van der Waals surface area contributed by atoms with Gasteiger partial charge in [-0.25, -0.2) is 14.0 Å². The fourth-order valence-corrected chi connectivity index (χ4v) is 1.62. The lowest BCUT2D eigenvalue weighted by Gasteiger charge is -2.25. The maximum absolute atomic E-state index is 13.3. The molecule has 1 aromatic rings. The number of nitrogens with one attached hydrogen (secondary N) is 1. The van der Waals surface area contributed by atoms with Crippen molar-refractivity contribution < 1.29 is 23.9 Å². The number of primary amides is 1. The van der Waals surface area contributed by atoms with Gasteiger partial charge in [0, 0.05) is 11.7 Å². The number of nitrogens with zero attached hydrogens (tertiary/aromatic N) is 1. The van der Waals surface area contributed by atoms with Crippen LogP contribution in [0.2, 0.25) is 0 Å². The summed E-state index contributed by atoms with van der Waals surface area (Å²) in [4.78, 5) is 34.9. The van der Waals surface area contributed by atoms with E-state index >= 15 is 0 Å². The summed E-state index contributed by atoms with van der Waals surface area (Å²) < 4.78 is 13.3. The molecule has 0 saturated carbocycles. The molecule has 21 heavy (non-hydrogen) atoms. The molecule has 7 nitrogen and oxygen atoms in total. The predicted octanol–water partition coefficient (Wildman–Crippen LogP) is 1.25. The van der Waals surface area contributed by atoms with Crippen molar-refractivity contribution in [2.75, 3.05) is 11.9 Å². The number of anilines is 1. The Kier molecular flexibility index (Phi) is 5.23. The number of carboxylic acids is 1. The smallest absolute Gasteiger partial charge is 0.338 e. The van der Waals surface area contributed by atoms with Crippen LogP contribution in [0.3, 0.4) is 0 Å². The lowest BCUT2D eigenvalue weighted by Crippen LogP contribution is -2.45. The third kappa shape index (κ3) is 4.44. The quantitative estimate of drug-likeness (QED) is 0.759. The van der Waals surface area contributed by atoms with Gasteiger partial charge in [0.05, 0.1) is 5.56 Å². The van der Waals surface area contributed by atoms with Crippen LogP contribution in [0.25, 0.3) is 0 Å². The average Bonchev–Trinajstić information content (AvgIpc) is 2.37. The summed E-state index contributed by atoms with van der Waals surface area (Å²) in [6.07, 6.45) is 0. The molecule has 8 heteroatoms. The van der Waals surface area contributed by atoms with Crippen LogP contribution < -0.4 is 11.1 Å². The van der Waals surface area contributed by atoms with Gasteiger partial charge in [-0.3, -0.25) is 4.79 Å². The first-order chi connectivity index (χ1) is 9.72. The number of benzene rings is 1. The summed E-state index contributed by atoms with van der Waals surface area (Å²) in [5.74, 6) is -3.02. The van der Waals surface area contributed by atoms with E-state index in [1.54, 1.807) is 13.8 Å². The van der Waals surface area contributed by atoms with Crippen LogP contribution >= 0.6 is 0 Å². The van der Waals surface area contributed by atoms with E-state index in [9.17, 15) is 18.8 Å². The van der Waals surface area contributed by atoms with Gasteiger partial charge < -0.3 is 21.1 Å². The topological polar surface area (TPSA) is 113 Å². The number of carbonyl (C=O) groups is 3. The number of carboxylic acid groups (broad SMARTS) is 1. The van der Waals surface area contributed by atoms with Crippen molar-refractivity contribution in [2.24, 2.45) is 5.73 Å². The lowest BCUT2D eigenvalue weighted by atomic mass is 10.2. The Morgan fingerprint density at radius 3 is 2.48 bits per heavy atom. The SMILES string of the molecule is CC(C)N(CC(N)=O)C(=O)Nc1ccc(F)c(C(=O)O)c1. The molecule has 0 aliphatic rings. The molecule has 114 valence electrons. The molecular formula is C13H16FN3O4. The Labute approximate surface area is 120 Å². The van der Waals surface area contributed by atoms with Gasteiger partial charge in [-0.2, -0.15) is 0 Å². The van der Waals surface area contributed by atoms with Crippen LogP contribution in [0.4, 0.5) is 14.9 Å². The maximum Gasteiger partial charge on any atom is 0.338 e. The van der Waals surface area contributed by atoms with Gasteiger partial charge in [0.2, 0.25) is 5.91 Å². The molecule has 0 bridgehead atoms. The molecule has 0 radical (unpaired) electrons. The Morgan fingerprint density at radius 1 is 1.38 bits per heavy atom. The van der Waals surface area contributed by atoms with Crippen LogP contribution in [-0.2, 0) is 4.79 Å². The molecule has 0 spiro atoms. The molecule has 0 aliphatic heterocycles. The number of amides is 3. The number of rotatable bonds is 5. The zero-order valence-electron chi connectivity index (χ0n) is 11.6. The van der Waals surface area contributed by atoms with Crippen molar-refractivity contribution in [3.8, 4) is 0 Å². The molecule has 1 aromatic carbocycles. The predicted molar refractivity (Wildman–Crippen MR) is 73.4 cm³/mol. The van der Waals surface area contributed by atoms with Crippen molar-refractivity contribution in [3.63, 3.8) is 0 Å². The minimum atomic E-state index is -1.44. The monoisotopic (exact) mass is 297 g/mol. The Hall–Kier alpha value is -2.64. The summed E-state index contributed by atoms with van der Waals surface area (Å²) in [5, 5.41) is 11.2. The molecule has 0 aliphatic carbocycles. The molecule has 0 fully saturated rings. The van der Waals surface area contributed by atoms with Crippen molar-refractivity contribution in [3.05, 3.63) is 29.6 Å². The highest BCUT2D eigenvalue weighted by Crippen LogP contribution is 2.16. The van der Waals surface area contributed by atoms with E-state index in [1.807, 2.05) is 0 Å². The van der Waals surface area contributed by atoms with Crippen LogP contribution in [0.5, 0.6) is 0 Å². The van der Waals surface area contributed by atoms with Crippen LogP contribution in [0, 0.1) is 5.82 Å². The Bertz CT molecular complexity index is 575. The van der Waals surface area contributed by atoms with Crippen LogP contribution in [0.15, 0.2) is 18.2 Å². The number of hydrogen-bond acceptors (Lipinski definition) is 3. The van der Waals surface area contributed by atoms with Gasteiger partial charge in [-0.05, 0) is 32.0 Å². The van der Waals surface area contributed by atoms with Gasteiger partial charge in [-0.15, -0.1) is 0 Å². The highest BCUT2D eigenvalue weighted by molar-refractivity contribution is 5.94. The van der Waals surface area contributed by atoms with E-state index in [-0.39, 0.29) is 18.3 Å². The first-order valence-corrected chi connectivity index (χ1v) is 6.11. The second-order valence-electron chi connectivity index (χ2n) is 4.62. The zero-order valence-corrected chi connectivity index (χ0v) is 11.6. The molecule has 1 rings (SSSR count). The van der Waals surface area contributed by atoms with E-state index in [2.05, 4.69) is 5.32 Å². The van der Waals surface area contributed by atoms with Crippen molar-refractivity contribution >= 4 is 23.6 Å². The molecule has 0 saturated heterocycles. The van der Waals surface area contributed by atoms with E-state index in [0.717, 1.165) is 12.1 Å². The second kappa shape index (κ2) is 6.69. The summed E-state index contributed by atoms with van der Waals surface area (Å²) in [6, 6.07) is 2.23. The van der Waals surface area contributed by atoms with E-state index in [4.69, 9.17) is 10.8 Å². The molecule has 0 unspecified atom stereocenters. The minimum Gasteiger partial charge on any atom is -0.478 e. The number of carbonyl (C=O) groups excluding carboxylic acids is 2. The van der Waals surface area contributed by atoms with E-state index in [1.165, 1.54) is 11.0 Å². The van der Waals surface area contributed by atoms with Crippen molar-refractivity contribution in [2.45, 2.75) is 19.9 Å². The van der Waals surface area contributed by atoms with Crippen LogP contribution in [0.1, 0.15) is 24.2 Å². The van der Waals surface area contributed by atoms with E-state index < -0.39 is 29.3 Å². The van der Waals surface area contributed by atoms with Crippen molar-refractivity contribution in [1.82, 2.24) is 4.90 Å². The fraction of sp³-hybridized carbons (Fsp3) is 0.308.